The van der Waals surface area contributed by atoms with Crippen molar-refractivity contribution in [2.24, 2.45) is 10.2 Å². The van der Waals surface area contributed by atoms with E-state index in [0.717, 1.165) is 16.7 Å². The highest BCUT2D eigenvalue weighted by atomic mass is 16.3. The van der Waals surface area contributed by atoms with Crippen molar-refractivity contribution in [2.45, 2.75) is 32.4 Å². The molecule has 1 aliphatic carbocycles. The largest absolute Gasteiger partial charge is 0.385 e. The molecule has 0 saturated carbocycles. The minimum atomic E-state index is -1.48. The van der Waals surface area contributed by atoms with Crippen LogP contribution in [0.2, 0.25) is 0 Å². The van der Waals surface area contributed by atoms with E-state index in [0.29, 0.717) is 17.0 Å². The van der Waals surface area contributed by atoms with E-state index in [1.54, 1.807) is 19.1 Å². The van der Waals surface area contributed by atoms with Crippen LogP contribution < -0.4 is 5.56 Å². The lowest BCUT2D eigenvalue weighted by atomic mass is 9.81. The molecule has 5 rings (SSSR count). The predicted octanol–water partition coefficient (Wildman–Crippen LogP) is 3.60. The minimum absolute atomic E-state index is 0.127. The quantitative estimate of drug-likeness (QED) is 0.384. The number of aromatic amines is 2. The molecule has 3 N–H and O–H groups in total. The summed E-state index contributed by atoms with van der Waals surface area (Å²) < 4.78 is 1.43. The van der Waals surface area contributed by atoms with E-state index < -0.39 is 11.6 Å². The van der Waals surface area contributed by atoms with Crippen LogP contribution >= 0.6 is 0 Å². The fourth-order valence-electron chi connectivity index (χ4n) is 4.10. The van der Waals surface area contributed by atoms with Gasteiger partial charge in [0, 0.05) is 0 Å². The number of benzene rings is 2. The van der Waals surface area contributed by atoms with Gasteiger partial charge in [-0.1, -0.05) is 53.8 Å². The summed E-state index contributed by atoms with van der Waals surface area (Å²) in [6.45, 7) is 5.75. The smallest absolute Gasteiger partial charge is 0.299 e. The van der Waals surface area contributed by atoms with E-state index in [4.69, 9.17) is 0 Å². The lowest BCUT2D eigenvalue weighted by molar-refractivity contribution is 0.153. The molecule has 176 valence electrons. The first-order valence-electron chi connectivity index (χ1n) is 11.1. The van der Waals surface area contributed by atoms with Crippen LogP contribution in [0.25, 0.3) is 11.3 Å². The molecule has 0 amide bonds. The SMILES string of the molecule is Cc1ccc(-n2[nH]c(C)c(N=NC3(c4nn[nH]n4)C=CC=C(c4ccccc4)C3O)c2=O)cc1C. The van der Waals surface area contributed by atoms with Crippen molar-refractivity contribution in [3.8, 4) is 5.69 Å². The Hall–Kier alpha value is -4.44. The molecule has 4 aromatic rings. The van der Waals surface area contributed by atoms with Crippen LogP contribution in [0.5, 0.6) is 0 Å². The zero-order valence-corrected chi connectivity index (χ0v) is 19.5. The van der Waals surface area contributed by atoms with Gasteiger partial charge in [0.2, 0.25) is 5.82 Å². The van der Waals surface area contributed by atoms with Crippen LogP contribution in [0.1, 0.15) is 28.2 Å². The van der Waals surface area contributed by atoms with E-state index >= 15 is 0 Å². The van der Waals surface area contributed by atoms with Gasteiger partial charge in [-0.3, -0.25) is 9.89 Å². The second-order valence-electron chi connectivity index (χ2n) is 8.50. The monoisotopic (exact) mass is 468 g/mol. The van der Waals surface area contributed by atoms with Gasteiger partial charge in [-0.05, 0) is 61.2 Å². The molecule has 2 heterocycles. The molecule has 0 saturated heterocycles. The summed E-state index contributed by atoms with van der Waals surface area (Å²) in [5, 5.41) is 37.6. The molecule has 10 heteroatoms. The van der Waals surface area contributed by atoms with Gasteiger partial charge in [0.15, 0.2) is 11.2 Å². The van der Waals surface area contributed by atoms with Crippen molar-refractivity contribution in [3.05, 3.63) is 105 Å². The number of allylic oxidation sites excluding steroid dienone is 2. The number of aryl methyl sites for hydroxylation is 3. The number of aromatic nitrogens is 6. The number of rotatable bonds is 5. The highest BCUT2D eigenvalue weighted by molar-refractivity contribution is 5.73. The number of azo groups is 1. The molecule has 2 unspecified atom stereocenters. The van der Waals surface area contributed by atoms with Crippen LogP contribution in [0.4, 0.5) is 5.69 Å². The average molecular weight is 469 g/mol. The molecule has 0 radical (unpaired) electrons. The third kappa shape index (κ3) is 3.83. The normalized spacial score (nSPS) is 19.9. The van der Waals surface area contributed by atoms with Gasteiger partial charge in [0.1, 0.15) is 6.10 Å². The standard InChI is InChI=1S/C25H24N8O2/c1-15-11-12-19(14-16(15)2)33-23(35)21(17(3)29-33)26-30-25(24-27-31-32-28-24)13-7-10-20(22(25)34)18-8-5-4-6-9-18/h4-14,22,29,34H,1-3H3,(H,27,28,31,32). The van der Waals surface area contributed by atoms with Crippen molar-refractivity contribution in [1.82, 2.24) is 30.4 Å². The number of tetrazole rings is 1. The second-order valence-corrected chi connectivity index (χ2v) is 8.50. The fourth-order valence-corrected chi connectivity index (χ4v) is 4.10. The summed E-state index contributed by atoms with van der Waals surface area (Å²) in [4.78, 5) is 13.3. The summed E-state index contributed by atoms with van der Waals surface area (Å²) in [6.07, 6.45) is 4.06. The first-order valence-corrected chi connectivity index (χ1v) is 11.1. The second kappa shape index (κ2) is 8.73. The number of aliphatic hydroxyl groups excluding tert-OH is 1. The summed E-state index contributed by atoms with van der Waals surface area (Å²) in [5.41, 5.74) is 3.17. The number of aliphatic hydroxyl groups is 1. The molecule has 10 nitrogen and oxygen atoms in total. The van der Waals surface area contributed by atoms with Gasteiger partial charge in [-0.25, -0.2) is 4.68 Å². The highest BCUT2D eigenvalue weighted by Crippen LogP contribution is 2.40. The molecule has 2 aromatic heterocycles. The Balaban J connectivity index is 1.58. The number of hydrogen-bond donors (Lipinski definition) is 3. The van der Waals surface area contributed by atoms with Gasteiger partial charge in [-0.15, -0.1) is 15.3 Å². The molecule has 1 aliphatic rings. The van der Waals surface area contributed by atoms with E-state index in [9.17, 15) is 9.90 Å². The molecule has 2 aromatic carbocycles. The van der Waals surface area contributed by atoms with Crippen LogP contribution in [-0.4, -0.2) is 41.6 Å². The minimum Gasteiger partial charge on any atom is -0.385 e. The van der Waals surface area contributed by atoms with Gasteiger partial charge in [-0.2, -0.15) is 10.3 Å². The Labute approximate surface area is 200 Å². The third-order valence-electron chi connectivity index (χ3n) is 6.25. The molecule has 35 heavy (non-hydrogen) atoms. The molecule has 0 bridgehead atoms. The Kier molecular flexibility index (Phi) is 5.58. The van der Waals surface area contributed by atoms with Crippen LogP contribution in [-0.2, 0) is 5.54 Å². The first-order chi connectivity index (χ1) is 16.9. The lowest BCUT2D eigenvalue weighted by Gasteiger charge is -2.31. The fraction of sp³-hybridized carbons (Fsp3) is 0.200. The van der Waals surface area contributed by atoms with Crippen molar-refractivity contribution in [3.63, 3.8) is 0 Å². The van der Waals surface area contributed by atoms with Gasteiger partial charge in [0.25, 0.3) is 5.56 Å². The average Bonchev–Trinajstić information content (AvgIpc) is 3.50. The number of H-pyrrole nitrogens is 2. The van der Waals surface area contributed by atoms with Crippen molar-refractivity contribution < 1.29 is 5.11 Å². The summed E-state index contributed by atoms with van der Waals surface area (Å²) >= 11 is 0. The van der Waals surface area contributed by atoms with Gasteiger partial charge < -0.3 is 5.11 Å². The molecule has 0 fully saturated rings. The van der Waals surface area contributed by atoms with E-state index in [1.807, 2.05) is 68.5 Å². The number of nitrogens with one attached hydrogen (secondary N) is 2. The molecular formula is C25H24N8O2. The molecule has 0 spiro atoms. The van der Waals surface area contributed by atoms with Crippen molar-refractivity contribution in [2.75, 3.05) is 0 Å². The summed E-state index contributed by atoms with van der Waals surface area (Å²) in [7, 11) is 0. The zero-order chi connectivity index (χ0) is 24.6. The molecular weight excluding hydrogens is 444 g/mol. The van der Waals surface area contributed by atoms with Crippen LogP contribution in [0.15, 0.2) is 81.8 Å². The Morgan fingerprint density at radius 2 is 1.89 bits per heavy atom. The maximum Gasteiger partial charge on any atom is 0.299 e. The maximum absolute atomic E-state index is 13.3. The number of nitrogens with zero attached hydrogens (tertiary/aromatic N) is 6. The third-order valence-corrected chi connectivity index (χ3v) is 6.25. The first kappa shape index (κ1) is 22.4. The van der Waals surface area contributed by atoms with Gasteiger partial charge in [0.05, 0.1) is 11.4 Å². The Morgan fingerprint density at radius 3 is 2.60 bits per heavy atom. The zero-order valence-electron chi connectivity index (χ0n) is 19.5. The maximum atomic E-state index is 13.3. The molecule has 2 atom stereocenters. The Morgan fingerprint density at radius 1 is 1.09 bits per heavy atom. The number of hydrogen-bond acceptors (Lipinski definition) is 7. The summed E-state index contributed by atoms with van der Waals surface area (Å²) in [6, 6.07) is 15.2. The topological polar surface area (TPSA) is 137 Å². The lowest BCUT2D eigenvalue weighted by Crippen LogP contribution is -2.39. The van der Waals surface area contributed by atoms with Crippen molar-refractivity contribution >= 4 is 11.3 Å². The van der Waals surface area contributed by atoms with Crippen LogP contribution in [0.3, 0.4) is 0 Å². The van der Waals surface area contributed by atoms with E-state index in [1.165, 1.54) is 4.68 Å². The van der Waals surface area contributed by atoms with E-state index in [2.05, 4.69) is 36.0 Å². The summed E-state index contributed by atoms with van der Waals surface area (Å²) in [5.74, 6) is 0.134. The van der Waals surface area contributed by atoms with Crippen molar-refractivity contribution in [1.29, 1.82) is 0 Å². The highest BCUT2D eigenvalue weighted by Gasteiger charge is 2.45. The van der Waals surface area contributed by atoms with E-state index in [-0.39, 0.29) is 17.1 Å². The predicted molar refractivity (Wildman–Crippen MR) is 131 cm³/mol. The molecule has 0 aliphatic heterocycles. The van der Waals surface area contributed by atoms with Gasteiger partial charge >= 0.3 is 0 Å². The Bertz CT molecular complexity index is 1510. The van der Waals surface area contributed by atoms with Crippen LogP contribution in [0, 0.1) is 20.8 Å².